The fraction of sp³-hybridized carbons (Fsp3) is 0.895. The monoisotopic (exact) mass is 387 g/mol. The van der Waals surface area contributed by atoms with Gasteiger partial charge in [0, 0.05) is 11.8 Å². The van der Waals surface area contributed by atoms with E-state index in [0.29, 0.717) is 18.4 Å². The highest BCUT2D eigenvalue weighted by Gasteiger charge is 2.38. The molecule has 1 aliphatic heterocycles. The first-order valence-corrected chi connectivity index (χ1v) is 10.7. The van der Waals surface area contributed by atoms with Gasteiger partial charge in [0.2, 0.25) is 0 Å². The summed E-state index contributed by atoms with van der Waals surface area (Å²) in [5, 5.41) is 0.422. The molecule has 2 aliphatic rings. The summed E-state index contributed by atoms with van der Waals surface area (Å²) in [6.45, 7) is 6.90. The number of nitrogens with zero attached hydrogens (tertiary/aromatic N) is 1. The number of hydrogen-bond acceptors (Lipinski definition) is 6. The predicted octanol–water partition coefficient (Wildman–Crippen LogP) is 3.48. The Bertz CT molecular complexity index is 485. The maximum absolute atomic E-state index is 12.5. The highest BCUT2D eigenvalue weighted by molar-refractivity contribution is 7.99. The quantitative estimate of drug-likeness (QED) is 0.673. The predicted molar refractivity (Wildman–Crippen MR) is 102 cm³/mol. The molecule has 2 atom stereocenters. The Labute approximate surface area is 161 Å². The van der Waals surface area contributed by atoms with E-state index in [1.54, 1.807) is 11.8 Å². The van der Waals surface area contributed by atoms with E-state index in [2.05, 4.69) is 6.26 Å². The zero-order chi connectivity index (χ0) is 19.3. The van der Waals surface area contributed by atoms with E-state index < -0.39 is 5.60 Å². The zero-order valence-corrected chi connectivity index (χ0v) is 17.5. The van der Waals surface area contributed by atoms with Gasteiger partial charge < -0.3 is 19.1 Å². The first-order valence-electron chi connectivity index (χ1n) is 9.45. The second-order valence-electron chi connectivity index (χ2n) is 8.21. The molecule has 1 amide bonds. The average molecular weight is 388 g/mol. The fourth-order valence-corrected chi connectivity index (χ4v) is 4.35. The Hall–Kier alpha value is -0.950. The number of methoxy groups -OCH3 is 1. The molecular formula is C19H33NO5S. The molecule has 1 saturated carbocycles. The Balaban J connectivity index is 1.84. The van der Waals surface area contributed by atoms with Crippen LogP contribution in [0.5, 0.6) is 0 Å². The van der Waals surface area contributed by atoms with Crippen LogP contribution in [-0.2, 0) is 19.0 Å². The number of rotatable bonds is 5. The molecule has 0 unspecified atom stereocenters. The first-order chi connectivity index (χ1) is 12.2. The Morgan fingerprint density at radius 1 is 1.15 bits per heavy atom. The van der Waals surface area contributed by atoms with E-state index in [1.807, 2.05) is 25.7 Å². The molecule has 2 fully saturated rings. The van der Waals surface area contributed by atoms with Gasteiger partial charge in [-0.3, -0.25) is 4.79 Å². The molecule has 0 aromatic carbocycles. The molecule has 26 heavy (non-hydrogen) atoms. The van der Waals surface area contributed by atoms with Gasteiger partial charge in [-0.1, -0.05) is 0 Å². The van der Waals surface area contributed by atoms with Crippen LogP contribution in [0.3, 0.4) is 0 Å². The lowest BCUT2D eigenvalue weighted by Crippen LogP contribution is -2.42. The summed E-state index contributed by atoms with van der Waals surface area (Å²) in [5.41, 5.74) is -0.494. The molecule has 7 heteroatoms. The minimum atomic E-state index is -0.494. The van der Waals surface area contributed by atoms with Crippen LogP contribution in [0, 0.1) is 5.92 Å². The zero-order valence-electron chi connectivity index (χ0n) is 16.7. The number of hydrogen-bond donors (Lipinski definition) is 0. The third-order valence-electron chi connectivity index (χ3n) is 5.07. The second kappa shape index (κ2) is 9.31. The van der Waals surface area contributed by atoms with Crippen molar-refractivity contribution in [2.45, 2.75) is 75.9 Å². The number of esters is 1. The van der Waals surface area contributed by atoms with E-state index in [9.17, 15) is 9.59 Å². The summed E-state index contributed by atoms with van der Waals surface area (Å²) in [4.78, 5) is 26.0. The van der Waals surface area contributed by atoms with Crippen molar-refractivity contribution in [1.82, 2.24) is 4.90 Å². The molecule has 0 aromatic rings. The van der Waals surface area contributed by atoms with Crippen LogP contribution in [0.25, 0.3) is 0 Å². The molecule has 0 spiro atoms. The van der Waals surface area contributed by atoms with Crippen LogP contribution in [0.2, 0.25) is 0 Å². The number of carbonyl (C=O) groups excluding carboxylic acids is 2. The van der Waals surface area contributed by atoms with Crippen LogP contribution in [0.1, 0.15) is 52.9 Å². The maximum Gasteiger partial charge on any atom is 0.410 e. The van der Waals surface area contributed by atoms with E-state index in [4.69, 9.17) is 14.2 Å². The maximum atomic E-state index is 12.5. The van der Waals surface area contributed by atoms with Crippen molar-refractivity contribution in [3.8, 4) is 0 Å². The largest absolute Gasteiger partial charge is 0.469 e. The molecule has 1 aliphatic carbocycles. The highest BCUT2D eigenvalue weighted by atomic mass is 32.2. The molecule has 1 heterocycles. The topological polar surface area (TPSA) is 65.1 Å². The summed E-state index contributed by atoms with van der Waals surface area (Å²) < 4.78 is 16.5. The molecule has 2 rings (SSSR count). The lowest BCUT2D eigenvalue weighted by atomic mass is 9.87. The lowest BCUT2D eigenvalue weighted by molar-refractivity contribution is -0.147. The summed E-state index contributed by atoms with van der Waals surface area (Å²) in [6, 6.07) is 0.0561. The van der Waals surface area contributed by atoms with Crippen molar-refractivity contribution in [1.29, 1.82) is 0 Å². The summed E-state index contributed by atoms with van der Waals surface area (Å²) >= 11 is 1.79. The molecule has 0 radical (unpaired) electrons. The van der Waals surface area contributed by atoms with E-state index in [-0.39, 0.29) is 30.1 Å². The SMILES string of the molecule is COC(=O)[C@H]1CC[C@H](OC[C@@H]2C[C@H](SC)CN2C(=O)OC(C)(C)C)CC1. The second-order valence-corrected chi connectivity index (χ2v) is 9.35. The van der Waals surface area contributed by atoms with Gasteiger partial charge in [-0.25, -0.2) is 4.79 Å². The summed E-state index contributed by atoms with van der Waals surface area (Å²) in [6.07, 6.45) is 6.26. The highest BCUT2D eigenvalue weighted by Crippen LogP contribution is 2.31. The van der Waals surface area contributed by atoms with Crippen molar-refractivity contribution >= 4 is 23.8 Å². The average Bonchev–Trinajstić information content (AvgIpc) is 3.02. The van der Waals surface area contributed by atoms with Crippen molar-refractivity contribution in [2.24, 2.45) is 5.92 Å². The molecule has 0 bridgehead atoms. The van der Waals surface area contributed by atoms with Crippen molar-refractivity contribution in [2.75, 3.05) is 26.5 Å². The van der Waals surface area contributed by atoms with Gasteiger partial charge in [-0.05, 0) is 59.1 Å². The summed E-state index contributed by atoms with van der Waals surface area (Å²) in [5.74, 6) is -0.108. The third-order valence-corrected chi connectivity index (χ3v) is 6.08. The van der Waals surface area contributed by atoms with Gasteiger partial charge in [0.1, 0.15) is 5.60 Å². The van der Waals surface area contributed by atoms with Crippen LogP contribution in [0.4, 0.5) is 4.79 Å². The van der Waals surface area contributed by atoms with Crippen LogP contribution in [0.15, 0.2) is 0 Å². The van der Waals surface area contributed by atoms with Gasteiger partial charge in [0.05, 0.1) is 31.8 Å². The lowest BCUT2D eigenvalue weighted by Gasteiger charge is -2.31. The third kappa shape index (κ3) is 6.05. The van der Waals surface area contributed by atoms with Crippen LogP contribution in [-0.4, -0.2) is 66.5 Å². The van der Waals surface area contributed by atoms with Gasteiger partial charge in [0.25, 0.3) is 0 Å². The molecule has 6 nitrogen and oxygen atoms in total. The van der Waals surface area contributed by atoms with Crippen LogP contribution >= 0.6 is 11.8 Å². The Kier molecular flexibility index (Phi) is 7.64. The fourth-order valence-electron chi connectivity index (χ4n) is 3.63. The Morgan fingerprint density at radius 2 is 1.81 bits per heavy atom. The number of likely N-dealkylation sites (tertiary alicyclic amines) is 1. The van der Waals surface area contributed by atoms with E-state index in [1.165, 1.54) is 7.11 Å². The molecular weight excluding hydrogens is 354 g/mol. The Morgan fingerprint density at radius 3 is 2.35 bits per heavy atom. The van der Waals surface area contributed by atoms with Gasteiger partial charge >= 0.3 is 12.1 Å². The minimum absolute atomic E-state index is 0.00506. The number of carbonyl (C=O) groups is 2. The molecule has 1 saturated heterocycles. The molecule has 0 N–H and O–H groups in total. The van der Waals surface area contributed by atoms with Gasteiger partial charge in [-0.2, -0.15) is 11.8 Å². The van der Waals surface area contributed by atoms with Gasteiger partial charge in [0.15, 0.2) is 0 Å². The standard InChI is InChI=1S/C19H33NO5S/c1-19(2,3)25-18(22)20-11-16(26-5)10-14(20)12-24-15-8-6-13(7-9-15)17(21)23-4/h13-16H,6-12H2,1-5H3/t13-,14-,15-,16-/m0/s1. The minimum Gasteiger partial charge on any atom is -0.469 e. The molecule has 0 aromatic heterocycles. The molecule has 150 valence electrons. The van der Waals surface area contributed by atoms with Crippen molar-refractivity contribution in [3.63, 3.8) is 0 Å². The van der Waals surface area contributed by atoms with Crippen molar-refractivity contribution < 1.29 is 23.8 Å². The van der Waals surface area contributed by atoms with Gasteiger partial charge in [-0.15, -0.1) is 0 Å². The van der Waals surface area contributed by atoms with Crippen molar-refractivity contribution in [3.05, 3.63) is 0 Å². The normalized spacial score (nSPS) is 29.5. The first kappa shape index (κ1) is 21.4. The number of amides is 1. The smallest absolute Gasteiger partial charge is 0.410 e. The van der Waals surface area contributed by atoms with E-state index in [0.717, 1.165) is 32.1 Å². The number of ether oxygens (including phenoxy) is 3. The summed E-state index contributed by atoms with van der Waals surface area (Å²) in [7, 11) is 1.44. The van der Waals surface area contributed by atoms with E-state index >= 15 is 0 Å². The number of thioether (sulfide) groups is 1. The van der Waals surface area contributed by atoms with Crippen LogP contribution < -0.4 is 0 Å².